The molecule has 0 amide bonds. The van der Waals surface area contributed by atoms with Crippen LogP contribution in [0.15, 0.2) is 24.3 Å². The van der Waals surface area contributed by atoms with Crippen LogP contribution in [0.25, 0.3) is 0 Å². The van der Waals surface area contributed by atoms with Crippen LogP contribution in [0.4, 0.5) is 0 Å². The monoisotopic (exact) mass is 312 g/mol. The van der Waals surface area contributed by atoms with E-state index in [4.69, 9.17) is 27.4 Å². The number of aliphatic hydroxyl groups is 1. The van der Waals surface area contributed by atoms with Crippen LogP contribution in [0, 0.1) is 0 Å². The molecular formula is C15H24N2O3S. The number of hydrogen-bond donors (Lipinski definition) is 2. The van der Waals surface area contributed by atoms with Gasteiger partial charge < -0.3 is 25.2 Å². The first-order chi connectivity index (χ1) is 10.0. The summed E-state index contributed by atoms with van der Waals surface area (Å²) in [5.74, 6) is 0.691. The van der Waals surface area contributed by atoms with Crippen molar-refractivity contribution in [2.24, 2.45) is 5.73 Å². The minimum atomic E-state index is -0.534. The topological polar surface area (TPSA) is 68.0 Å². The highest BCUT2D eigenvalue weighted by molar-refractivity contribution is 7.80. The maximum Gasteiger partial charge on any atom is 0.119 e. The van der Waals surface area contributed by atoms with Crippen LogP contribution >= 0.6 is 12.2 Å². The number of likely N-dealkylation sites (N-methyl/N-ethyl adjacent to an activating group) is 1. The first-order valence-electron chi connectivity index (χ1n) is 6.91. The molecule has 0 saturated carbocycles. The van der Waals surface area contributed by atoms with Gasteiger partial charge in [0.1, 0.15) is 23.4 Å². The van der Waals surface area contributed by atoms with Crippen LogP contribution < -0.4 is 10.5 Å². The molecule has 5 nitrogen and oxygen atoms in total. The van der Waals surface area contributed by atoms with E-state index in [1.165, 1.54) is 0 Å². The zero-order valence-corrected chi connectivity index (χ0v) is 13.4. The molecule has 1 unspecified atom stereocenters. The first-order valence-corrected chi connectivity index (χ1v) is 7.32. The number of ether oxygens (including phenoxy) is 2. The molecule has 0 bridgehead atoms. The summed E-state index contributed by atoms with van der Waals surface area (Å²) in [6.45, 7) is 2.43. The molecule has 0 aromatic heterocycles. The normalized spacial score (nSPS) is 12.4. The van der Waals surface area contributed by atoms with Gasteiger partial charge in [0.05, 0.1) is 0 Å². The molecule has 0 aliphatic heterocycles. The van der Waals surface area contributed by atoms with Crippen LogP contribution in [0.1, 0.15) is 12.0 Å². The van der Waals surface area contributed by atoms with Crippen molar-refractivity contribution in [2.45, 2.75) is 12.5 Å². The molecule has 1 aromatic rings. The zero-order chi connectivity index (χ0) is 15.7. The van der Waals surface area contributed by atoms with Crippen molar-refractivity contribution in [3.05, 3.63) is 29.8 Å². The second-order valence-corrected chi connectivity index (χ2v) is 5.40. The molecule has 0 aliphatic rings. The average molecular weight is 312 g/mol. The molecule has 0 radical (unpaired) electrons. The lowest BCUT2D eigenvalue weighted by Crippen LogP contribution is -2.34. The van der Waals surface area contributed by atoms with Crippen molar-refractivity contribution in [3.63, 3.8) is 0 Å². The molecule has 0 spiro atoms. The third-order valence-electron chi connectivity index (χ3n) is 2.99. The highest BCUT2D eigenvalue weighted by atomic mass is 32.1. The Morgan fingerprint density at radius 1 is 1.38 bits per heavy atom. The van der Waals surface area contributed by atoms with Gasteiger partial charge in [-0.2, -0.15) is 0 Å². The minimum absolute atomic E-state index is 0.251. The lowest BCUT2D eigenvalue weighted by atomic mass is 10.2. The van der Waals surface area contributed by atoms with Gasteiger partial charge in [-0.1, -0.05) is 12.2 Å². The fourth-order valence-electron chi connectivity index (χ4n) is 1.89. The van der Waals surface area contributed by atoms with E-state index in [0.717, 1.165) is 25.1 Å². The van der Waals surface area contributed by atoms with Gasteiger partial charge in [-0.3, -0.25) is 0 Å². The maximum atomic E-state index is 9.94. The molecule has 3 N–H and O–H groups in total. The van der Waals surface area contributed by atoms with Crippen LogP contribution in [0.5, 0.6) is 5.75 Å². The Kier molecular flexibility index (Phi) is 8.22. The molecule has 6 heteroatoms. The highest BCUT2D eigenvalue weighted by Gasteiger charge is 2.09. The molecule has 0 saturated heterocycles. The number of nitrogens with zero attached hydrogens (tertiary/aromatic N) is 1. The standard InChI is InChI=1S/C15H24N2O3S/c1-17(8-3-9-19-2)10-13(18)11-20-14-6-4-12(5-7-14)15(16)21/h4-7,13,18H,3,8-11H2,1-2H3,(H2,16,21). The number of hydrogen-bond acceptors (Lipinski definition) is 5. The summed E-state index contributed by atoms with van der Waals surface area (Å²) in [5, 5.41) is 9.94. The van der Waals surface area contributed by atoms with E-state index in [1.54, 1.807) is 31.4 Å². The Morgan fingerprint density at radius 2 is 2.05 bits per heavy atom. The van der Waals surface area contributed by atoms with Gasteiger partial charge in [0.2, 0.25) is 0 Å². The molecule has 21 heavy (non-hydrogen) atoms. The van der Waals surface area contributed by atoms with E-state index >= 15 is 0 Å². The summed E-state index contributed by atoms with van der Waals surface area (Å²) >= 11 is 4.88. The smallest absolute Gasteiger partial charge is 0.119 e. The Labute approximate surface area is 131 Å². The summed E-state index contributed by atoms with van der Waals surface area (Å²) in [7, 11) is 3.65. The van der Waals surface area contributed by atoms with Gasteiger partial charge in [0.15, 0.2) is 0 Å². The minimum Gasteiger partial charge on any atom is -0.491 e. The van der Waals surface area contributed by atoms with Crippen molar-refractivity contribution in [3.8, 4) is 5.75 Å². The van der Waals surface area contributed by atoms with Crippen LogP contribution in [-0.4, -0.2) is 61.6 Å². The summed E-state index contributed by atoms with van der Waals surface area (Å²) in [6, 6.07) is 7.20. The van der Waals surface area contributed by atoms with Crippen molar-refractivity contribution < 1.29 is 14.6 Å². The third-order valence-corrected chi connectivity index (χ3v) is 3.23. The molecule has 1 rings (SSSR count). The molecule has 118 valence electrons. The average Bonchev–Trinajstić information content (AvgIpc) is 2.46. The van der Waals surface area contributed by atoms with Gasteiger partial charge in [-0.25, -0.2) is 0 Å². The van der Waals surface area contributed by atoms with Gasteiger partial charge in [0.25, 0.3) is 0 Å². The molecule has 0 heterocycles. The number of nitrogens with two attached hydrogens (primary N) is 1. The van der Waals surface area contributed by atoms with E-state index in [0.29, 0.717) is 17.3 Å². The summed E-state index contributed by atoms with van der Waals surface area (Å²) in [5.41, 5.74) is 6.33. The van der Waals surface area contributed by atoms with E-state index in [1.807, 2.05) is 7.05 Å². The quantitative estimate of drug-likeness (QED) is 0.497. The number of methoxy groups -OCH3 is 1. The summed E-state index contributed by atoms with van der Waals surface area (Å²) in [4.78, 5) is 2.42. The number of benzene rings is 1. The SMILES string of the molecule is COCCCN(C)CC(O)COc1ccc(C(N)=S)cc1. The van der Waals surface area contributed by atoms with E-state index in [-0.39, 0.29) is 6.61 Å². The third kappa shape index (κ3) is 7.38. The van der Waals surface area contributed by atoms with Crippen molar-refractivity contribution in [1.82, 2.24) is 4.90 Å². The molecule has 1 aromatic carbocycles. The predicted molar refractivity (Wildman–Crippen MR) is 87.8 cm³/mol. The van der Waals surface area contributed by atoms with Gasteiger partial charge in [-0.15, -0.1) is 0 Å². The molecule has 0 fully saturated rings. The second-order valence-electron chi connectivity index (χ2n) is 4.96. The van der Waals surface area contributed by atoms with E-state index in [2.05, 4.69) is 4.90 Å². The number of rotatable bonds is 10. The maximum absolute atomic E-state index is 9.94. The van der Waals surface area contributed by atoms with Gasteiger partial charge in [0, 0.05) is 32.4 Å². The molecule has 1 atom stereocenters. The fourth-order valence-corrected chi connectivity index (χ4v) is 2.03. The number of aliphatic hydroxyl groups excluding tert-OH is 1. The van der Waals surface area contributed by atoms with Crippen LogP contribution in [0.2, 0.25) is 0 Å². The Balaban J connectivity index is 2.28. The van der Waals surface area contributed by atoms with Gasteiger partial charge in [-0.05, 0) is 37.7 Å². The Bertz CT molecular complexity index is 425. The fraction of sp³-hybridized carbons (Fsp3) is 0.533. The highest BCUT2D eigenvalue weighted by Crippen LogP contribution is 2.12. The molecular weight excluding hydrogens is 288 g/mol. The van der Waals surface area contributed by atoms with Gasteiger partial charge >= 0.3 is 0 Å². The zero-order valence-electron chi connectivity index (χ0n) is 12.6. The lowest BCUT2D eigenvalue weighted by Gasteiger charge is -2.20. The Hall–Kier alpha value is -1.21. The number of thiocarbonyl (C=S) groups is 1. The molecule has 0 aliphatic carbocycles. The summed E-state index contributed by atoms with van der Waals surface area (Å²) in [6.07, 6.45) is 0.411. The van der Waals surface area contributed by atoms with E-state index in [9.17, 15) is 5.11 Å². The lowest BCUT2D eigenvalue weighted by molar-refractivity contribution is 0.0732. The predicted octanol–water partition coefficient (Wildman–Crippen LogP) is 1.03. The second kappa shape index (κ2) is 9.68. The van der Waals surface area contributed by atoms with Crippen molar-refractivity contribution in [1.29, 1.82) is 0 Å². The summed E-state index contributed by atoms with van der Waals surface area (Å²) < 4.78 is 10.5. The first kappa shape index (κ1) is 17.8. The van der Waals surface area contributed by atoms with E-state index < -0.39 is 6.10 Å². The van der Waals surface area contributed by atoms with Crippen LogP contribution in [-0.2, 0) is 4.74 Å². The largest absolute Gasteiger partial charge is 0.491 e. The van der Waals surface area contributed by atoms with Crippen molar-refractivity contribution in [2.75, 3.05) is 40.5 Å². The van der Waals surface area contributed by atoms with Crippen molar-refractivity contribution >= 4 is 17.2 Å². The Morgan fingerprint density at radius 3 is 2.62 bits per heavy atom. The van der Waals surface area contributed by atoms with Crippen LogP contribution in [0.3, 0.4) is 0 Å².